The molecule has 0 saturated heterocycles. The number of hydrogen-bond donors (Lipinski definition) is 1. The molecule has 0 aliphatic carbocycles. The molecule has 21 heavy (non-hydrogen) atoms. The molecule has 2 rings (SSSR count). The number of carbonyl (C=O) groups is 1. The number of benzene rings is 1. The van der Waals surface area contributed by atoms with Crippen molar-refractivity contribution in [2.24, 2.45) is 0 Å². The molecule has 0 saturated carbocycles. The Morgan fingerprint density at radius 3 is 2.76 bits per heavy atom. The summed E-state index contributed by atoms with van der Waals surface area (Å²) in [5.41, 5.74) is 6.77. The fourth-order valence-corrected chi connectivity index (χ4v) is 3.37. The van der Waals surface area contributed by atoms with Crippen molar-refractivity contribution in [2.45, 2.75) is 26.3 Å². The molecule has 1 unspecified atom stereocenters. The standard InChI is InChI=1S/C16H22N2O2S/c1-4-11(2)18(9-10-20-3)16(19)15-14(17)12-7-5-6-8-13(12)21-15/h5-8,11H,4,9-10,17H2,1-3H3. The van der Waals surface area contributed by atoms with Crippen molar-refractivity contribution < 1.29 is 9.53 Å². The molecule has 0 fully saturated rings. The Bertz CT molecular complexity index is 624. The minimum Gasteiger partial charge on any atom is -0.397 e. The van der Waals surface area contributed by atoms with Gasteiger partial charge in [-0.1, -0.05) is 25.1 Å². The van der Waals surface area contributed by atoms with Gasteiger partial charge in [-0.2, -0.15) is 0 Å². The zero-order valence-corrected chi connectivity index (χ0v) is 13.6. The Balaban J connectivity index is 2.35. The number of nitrogen functional groups attached to an aromatic ring is 1. The summed E-state index contributed by atoms with van der Waals surface area (Å²) in [5.74, 6) is 0.0000926. The van der Waals surface area contributed by atoms with Crippen molar-refractivity contribution >= 4 is 33.0 Å². The molecule has 1 aromatic carbocycles. The largest absolute Gasteiger partial charge is 0.397 e. The van der Waals surface area contributed by atoms with Crippen LogP contribution >= 0.6 is 11.3 Å². The minimum absolute atomic E-state index is 0.0000926. The topological polar surface area (TPSA) is 55.6 Å². The monoisotopic (exact) mass is 306 g/mol. The molecular formula is C16H22N2O2S. The lowest BCUT2D eigenvalue weighted by Crippen LogP contribution is -2.40. The number of hydrogen-bond acceptors (Lipinski definition) is 4. The highest BCUT2D eigenvalue weighted by Crippen LogP contribution is 2.34. The van der Waals surface area contributed by atoms with Gasteiger partial charge in [-0.25, -0.2) is 0 Å². The average molecular weight is 306 g/mol. The zero-order chi connectivity index (χ0) is 15.4. The highest BCUT2D eigenvalue weighted by molar-refractivity contribution is 7.21. The van der Waals surface area contributed by atoms with E-state index in [1.54, 1.807) is 7.11 Å². The predicted molar refractivity (Wildman–Crippen MR) is 88.9 cm³/mol. The van der Waals surface area contributed by atoms with E-state index in [-0.39, 0.29) is 11.9 Å². The van der Waals surface area contributed by atoms with Gasteiger partial charge in [-0.3, -0.25) is 4.79 Å². The number of methoxy groups -OCH3 is 1. The van der Waals surface area contributed by atoms with Crippen LogP contribution in [-0.4, -0.2) is 37.1 Å². The molecule has 0 bridgehead atoms. The van der Waals surface area contributed by atoms with Gasteiger partial charge in [-0.15, -0.1) is 11.3 Å². The van der Waals surface area contributed by atoms with Gasteiger partial charge in [0, 0.05) is 29.8 Å². The summed E-state index contributed by atoms with van der Waals surface area (Å²) in [4.78, 5) is 15.3. The van der Waals surface area contributed by atoms with Crippen molar-refractivity contribution in [1.82, 2.24) is 4.90 Å². The molecule has 4 nitrogen and oxygen atoms in total. The Morgan fingerprint density at radius 1 is 1.43 bits per heavy atom. The maximum atomic E-state index is 12.8. The molecule has 0 aliphatic heterocycles. The Morgan fingerprint density at radius 2 is 2.14 bits per heavy atom. The van der Waals surface area contributed by atoms with E-state index in [1.165, 1.54) is 11.3 Å². The lowest BCUT2D eigenvalue weighted by molar-refractivity contribution is 0.0620. The van der Waals surface area contributed by atoms with Crippen LogP contribution in [0.4, 0.5) is 5.69 Å². The number of nitrogens with zero attached hydrogens (tertiary/aromatic N) is 1. The van der Waals surface area contributed by atoms with Crippen LogP contribution in [0.25, 0.3) is 10.1 Å². The normalized spacial score (nSPS) is 12.5. The molecule has 114 valence electrons. The first kappa shape index (κ1) is 15.8. The third kappa shape index (κ3) is 3.19. The summed E-state index contributed by atoms with van der Waals surface area (Å²) in [7, 11) is 1.65. The molecule has 1 atom stereocenters. The fraction of sp³-hybridized carbons (Fsp3) is 0.438. The summed E-state index contributed by atoms with van der Waals surface area (Å²) in [6, 6.07) is 8.02. The van der Waals surface area contributed by atoms with Crippen molar-refractivity contribution in [3.63, 3.8) is 0 Å². The molecule has 5 heteroatoms. The van der Waals surface area contributed by atoms with E-state index >= 15 is 0 Å². The van der Waals surface area contributed by atoms with Crippen molar-refractivity contribution in [3.05, 3.63) is 29.1 Å². The Hall–Kier alpha value is -1.59. The molecule has 0 aliphatic rings. The number of fused-ring (bicyclic) bond motifs is 1. The van der Waals surface area contributed by atoms with Gasteiger partial charge in [0.1, 0.15) is 4.88 Å². The smallest absolute Gasteiger partial charge is 0.266 e. The average Bonchev–Trinajstić information content (AvgIpc) is 2.84. The van der Waals surface area contributed by atoms with Gasteiger partial charge in [-0.05, 0) is 19.4 Å². The number of rotatable bonds is 6. The Kier molecular flexibility index (Phi) is 5.20. The van der Waals surface area contributed by atoms with Crippen LogP contribution < -0.4 is 5.73 Å². The van der Waals surface area contributed by atoms with Gasteiger partial charge in [0.05, 0.1) is 12.3 Å². The second-order valence-electron chi connectivity index (χ2n) is 5.09. The lowest BCUT2D eigenvalue weighted by Gasteiger charge is -2.28. The van der Waals surface area contributed by atoms with E-state index in [1.807, 2.05) is 29.2 Å². The third-order valence-corrected chi connectivity index (χ3v) is 4.92. The molecule has 1 heterocycles. The van der Waals surface area contributed by atoms with E-state index in [4.69, 9.17) is 10.5 Å². The van der Waals surface area contributed by atoms with E-state index in [9.17, 15) is 4.79 Å². The summed E-state index contributed by atoms with van der Waals surface area (Å²) >= 11 is 1.46. The van der Waals surface area contributed by atoms with Crippen LogP contribution in [-0.2, 0) is 4.74 Å². The number of anilines is 1. The van der Waals surface area contributed by atoms with Crippen molar-refractivity contribution in [3.8, 4) is 0 Å². The molecule has 1 amide bonds. The highest BCUT2D eigenvalue weighted by atomic mass is 32.1. The highest BCUT2D eigenvalue weighted by Gasteiger charge is 2.24. The zero-order valence-electron chi connectivity index (χ0n) is 12.8. The maximum absolute atomic E-state index is 12.8. The number of amides is 1. The van der Waals surface area contributed by atoms with Crippen LogP contribution in [0.15, 0.2) is 24.3 Å². The first-order valence-corrected chi connectivity index (χ1v) is 7.98. The minimum atomic E-state index is 0.0000926. The third-order valence-electron chi connectivity index (χ3n) is 3.75. The van der Waals surface area contributed by atoms with E-state index in [2.05, 4.69) is 13.8 Å². The van der Waals surface area contributed by atoms with Gasteiger partial charge in [0.15, 0.2) is 0 Å². The second kappa shape index (κ2) is 6.91. The lowest BCUT2D eigenvalue weighted by atomic mass is 10.2. The van der Waals surface area contributed by atoms with Crippen LogP contribution in [0.3, 0.4) is 0 Å². The van der Waals surface area contributed by atoms with E-state index in [0.29, 0.717) is 23.7 Å². The molecule has 2 N–H and O–H groups in total. The van der Waals surface area contributed by atoms with Crippen LogP contribution in [0.2, 0.25) is 0 Å². The summed E-state index contributed by atoms with van der Waals surface area (Å²) in [5, 5.41) is 0.960. The summed E-state index contributed by atoms with van der Waals surface area (Å²) in [6.45, 7) is 5.24. The van der Waals surface area contributed by atoms with Gasteiger partial charge in [0.25, 0.3) is 5.91 Å². The SMILES string of the molecule is CCC(C)N(CCOC)C(=O)c1sc2ccccc2c1N. The van der Waals surface area contributed by atoms with E-state index < -0.39 is 0 Å². The molecule has 1 aromatic heterocycles. The number of thiophene rings is 1. The molecule has 2 aromatic rings. The predicted octanol–water partition coefficient (Wildman–Crippen LogP) is 3.37. The second-order valence-corrected chi connectivity index (χ2v) is 6.14. The summed E-state index contributed by atoms with van der Waals surface area (Å²) < 4.78 is 6.17. The van der Waals surface area contributed by atoms with Gasteiger partial charge >= 0.3 is 0 Å². The van der Waals surface area contributed by atoms with Gasteiger partial charge in [0.2, 0.25) is 0 Å². The van der Waals surface area contributed by atoms with Crippen molar-refractivity contribution in [1.29, 1.82) is 0 Å². The fourth-order valence-electron chi connectivity index (χ4n) is 2.29. The first-order valence-electron chi connectivity index (χ1n) is 7.17. The molecule has 0 spiro atoms. The number of nitrogens with two attached hydrogens (primary N) is 1. The number of ether oxygens (including phenoxy) is 1. The van der Waals surface area contributed by atoms with Crippen LogP contribution in [0.1, 0.15) is 29.9 Å². The van der Waals surface area contributed by atoms with E-state index in [0.717, 1.165) is 16.5 Å². The first-order chi connectivity index (χ1) is 10.1. The van der Waals surface area contributed by atoms with Crippen LogP contribution in [0.5, 0.6) is 0 Å². The Labute approximate surface area is 129 Å². The molecule has 0 radical (unpaired) electrons. The summed E-state index contributed by atoms with van der Waals surface area (Å²) in [6.07, 6.45) is 0.903. The van der Waals surface area contributed by atoms with Crippen LogP contribution in [0, 0.1) is 0 Å². The van der Waals surface area contributed by atoms with Crippen molar-refractivity contribution in [2.75, 3.05) is 26.0 Å². The number of carbonyl (C=O) groups excluding carboxylic acids is 1. The van der Waals surface area contributed by atoms with Gasteiger partial charge < -0.3 is 15.4 Å². The maximum Gasteiger partial charge on any atom is 0.266 e. The molecular weight excluding hydrogens is 284 g/mol. The quantitative estimate of drug-likeness (QED) is 0.890.